The smallest absolute Gasteiger partial charge is 0.00142 e. The number of unbranched alkanes of at least 4 members (excludes halogenated alkanes) is 1. The monoisotopic (exact) mass is 181 g/mol. The van der Waals surface area contributed by atoms with Crippen LogP contribution in [0.5, 0.6) is 0 Å². The van der Waals surface area contributed by atoms with Gasteiger partial charge in [0.25, 0.3) is 0 Å². The van der Waals surface area contributed by atoms with Gasteiger partial charge in [-0.25, -0.2) is 0 Å². The van der Waals surface area contributed by atoms with E-state index in [0.717, 1.165) is 6.54 Å². The average molecular weight is 181 g/mol. The Balaban J connectivity index is 2.47. The molecule has 1 nitrogen and oxygen atoms in total. The van der Waals surface area contributed by atoms with Crippen molar-refractivity contribution in [2.75, 3.05) is 6.54 Å². The van der Waals surface area contributed by atoms with Crippen LogP contribution in [0.2, 0.25) is 0 Å². The van der Waals surface area contributed by atoms with Gasteiger partial charge in [0.05, 0.1) is 0 Å². The Morgan fingerprint density at radius 1 is 1.23 bits per heavy atom. The summed E-state index contributed by atoms with van der Waals surface area (Å²) in [5.41, 5.74) is 6.24. The highest BCUT2D eigenvalue weighted by Crippen LogP contribution is 2.36. The predicted octanol–water partition coefficient (Wildman–Crippen LogP) is 3.25. The molecule has 76 valence electrons. The molecule has 0 aromatic rings. The van der Waals surface area contributed by atoms with Crippen LogP contribution >= 0.6 is 0 Å². The average Bonchev–Trinajstić information content (AvgIpc) is 2.20. The summed E-state index contributed by atoms with van der Waals surface area (Å²) in [5.74, 6) is 0. The number of rotatable bonds is 4. The van der Waals surface area contributed by atoms with Crippen LogP contribution in [0.25, 0.3) is 0 Å². The lowest BCUT2D eigenvalue weighted by atomic mass is 9.74. The van der Waals surface area contributed by atoms with Gasteiger partial charge < -0.3 is 5.73 Å². The Hall–Kier alpha value is -0.300. The molecule has 1 saturated carbocycles. The second kappa shape index (κ2) is 5.43. The first kappa shape index (κ1) is 10.8. The lowest BCUT2D eigenvalue weighted by molar-refractivity contribution is 0.266. The summed E-state index contributed by atoms with van der Waals surface area (Å²) >= 11 is 0. The normalized spacial score (nSPS) is 22.3. The lowest BCUT2D eigenvalue weighted by Crippen LogP contribution is -2.30. The molecule has 0 bridgehead atoms. The molecule has 0 radical (unpaired) electrons. The van der Waals surface area contributed by atoms with E-state index in [1.807, 2.05) is 0 Å². The minimum atomic E-state index is 0.368. The van der Waals surface area contributed by atoms with Crippen LogP contribution in [0.1, 0.15) is 51.9 Å². The van der Waals surface area contributed by atoms with Crippen molar-refractivity contribution >= 4 is 0 Å². The molecule has 1 aliphatic rings. The summed E-state index contributed by atoms with van der Waals surface area (Å²) in [6.07, 6.45) is 13.9. The molecule has 1 fully saturated rings. The van der Waals surface area contributed by atoms with E-state index in [1.54, 1.807) is 0 Å². The zero-order valence-electron chi connectivity index (χ0n) is 8.89. The standard InChI is InChI=1S/C12H23N/c1-2-3-5-8-12(11-13)9-6-4-7-10-12/h5,8H,2-4,6-7,9-11,13H2,1H3/b8-5+. The molecule has 1 rings (SSSR count). The van der Waals surface area contributed by atoms with Crippen LogP contribution in [0.3, 0.4) is 0 Å². The van der Waals surface area contributed by atoms with Crippen LogP contribution in [0.4, 0.5) is 0 Å². The first-order valence-corrected chi connectivity index (χ1v) is 5.71. The zero-order valence-corrected chi connectivity index (χ0v) is 8.89. The maximum Gasteiger partial charge on any atom is 0.00142 e. The largest absolute Gasteiger partial charge is 0.330 e. The number of hydrogen-bond donors (Lipinski definition) is 1. The Bertz CT molecular complexity index is 155. The molecule has 13 heavy (non-hydrogen) atoms. The van der Waals surface area contributed by atoms with Gasteiger partial charge in [0.1, 0.15) is 0 Å². The van der Waals surface area contributed by atoms with E-state index in [9.17, 15) is 0 Å². The molecule has 0 saturated heterocycles. The molecular weight excluding hydrogens is 158 g/mol. The van der Waals surface area contributed by atoms with Crippen molar-refractivity contribution in [2.24, 2.45) is 11.1 Å². The Kier molecular flexibility index (Phi) is 4.51. The summed E-state index contributed by atoms with van der Waals surface area (Å²) in [7, 11) is 0. The van der Waals surface area contributed by atoms with Crippen LogP contribution in [-0.2, 0) is 0 Å². The third-order valence-corrected chi connectivity index (χ3v) is 3.18. The van der Waals surface area contributed by atoms with E-state index in [-0.39, 0.29) is 0 Å². The maximum atomic E-state index is 5.87. The summed E-state index contributed by atoms with van der Waals surface area (Å²) in [5, 5.41) is 0. The molecule has 0 unspecified atom stereocenters. The van der Waals surface area contributed by atoms with E-state index in [2.05, 4.69) is 19.1 Å². The van der Waals surface area contributed by atoms with Gasteiger partial charge in [-0.05, 0) is 19.3 Å². The summed E-state index contributed by atoms with van der Waals surface area (Å²) in [6.45, 7) is 3.06. The third-order valence-electron chi connectivity index (χ3n) is 3.18. The van der Waals surface area contributed by atoms with Gasteiger partial charge >= 0.3 is 0 Å². The van der Waals surface area contributed by atoms with Crippen molar-refractivity contribution in [1.29, 1.82) is 0 Å². The quantitative estimate of drug-likeness (QED) is 0.662. The minimum absolute atomic E-state index is 0.368. The molecule has 1 heteroatoms. The fourth-order valence-corrected chi connectivity index (χ4v) is 2.19. The Morgan fingerprint density at radius 2 is 1.92 bits per heavy atom. The van der Waals surface area contributed by atoms with Gasteiger partial charge in [-0.15, -0.1) is 0 Å². The third kappa shape index (κ3) is 3.15. The number of hydrogen-bond acceptors (Lipinski definition) is 1. The molecule has 0 aromatic heterocycles. The highest BCUT2D eigenvalue weighted by Gasteiger charge is 2.27. The second-order valence-corrected chi connectivity index (χ2v) is 4.32. The maximum absolute atomic E-state index is 5.87. The SMILES string of the molecule is CCC/C=C/C1(CN)CCCCC1. The number of nitrogens with two attached hydrogens (primary N) is 1. The van der Waals surface area contributed by atoms with E-state index < -0.39 is 0 Å². The molecule has 0 atom stereocenters. The molecule has 0 heterocycles. The zero-order chi connectivity index (χ0) is 9.57. The van der Waals surface area contributed by atoms with Gasteiger partial charge in [-0.1, -0.05) is 44.8 Å². The van der Waals surface area contributed by atoms with Gasteiger partial charge in [-0.3, -0.25) is 0 Å². The molecule has 0 amide bonds. The first-order valence-electron chi connectivity index (χ1n) is 5.71. The summed E-state index contributed by atoms with van der Waals surface area (Å²) < 4.78 is 0. The molecule has 0 spiro atoms. The van der Waals surface area contributed by atoms with Crippen molar-refractivity contribution in [1.82, 2.24) is 0 Å². The fraction of sp³-hybridized carbons (Fsp3) is 0.833. The molecule has 0 aromatic carbocycles. The van der Waals surface area contributed by atoms with Gasteiger partial charge in [-0.2, -0.15) is 0 Å². The molecule has 2 N–H and O–H groups in total. The molecule has 0 aliphatic heterocycles. The summed E-state index contributed by atoms with van der Waals surface area (Å²) in [6, 6.07) is 0. The van der Waals surface area contributed by atoms with Crippen molar-refractivity contribution in [3.05, 3.63) is 12.2 Å². The van der Waals surface area contributed by atoms with Crippen LogP contribution in [-0.4, -0.2) is 6.54 Å². The minimum Gasteiger partial charge on any atom is -0.330 e. The number of allylic oxidation sites excluding steroid dienone is 1. The van der Waals surface area contributed by atoms with Crippen LogP contribution in [0, 0.1) is 5.41 Å². The van der Waals surface area contributed by atoms with Crippen molar-refractivity contribution < 1.29 is 0 Å². The second-order valence-electron chi connectivity index (χ2n) is 4.32. The van der Waals surface area contributed by atoms with E-state index in [4.69, 9.17) is 5.73 Å². The highest BCUT2D eigenvalue weighted by atomic mass is 14.6. The van der Waals surface area contributed by atoms with Crippen LogP contribution < -0.4 is 5.73 Å². The Morgan fingerprint density at radius 3 is 2.46 bits per heavy atom. The molecule has 1 aliphatic carbocycles. The fourth-order valence-electron chi connectivity index (χ4n) is 2.19. The predicted molar refractivity (Wildman–Crippen MR) is 58.6 cm³/mol. The summed E-state index contributed by atoms with van der Waals surface area (Å²) in [4.78, 5) is 0. The van der Waals surface area contributed by atoms with Crippen molar-refractivity contribution in [3.63, 3.8) is 0 Å². The molecular formula is C12H23N. The van der Waals surface area contributed by atoms with E-state index in [0.29, 0.717) is 5.41 Å². The van der Waals surface area contributed by atoms with Crippen LogP contribution in [0.15, 0.2) is 12.2 Å². The first-order chi connectivity index (χ1) is 6.33. The van der Waals surface area contributed by atoms with E-state index >= 15 is 0 Å². The van der Waals surface area contributed by atoms with Gasteiger partial charge in [0, 0.05) is 12.0 Å². The van der Waals surface area contributed by atoms with Crippen molar-refractivity contribution in [3.8, 4) is 0 Å². The highest BCUT2D eigenvalue weighted by molar-refractivity contribution is 5.01. The Labute approximate surface area is 82.4 Å². The topological polar surface area (TPSA) is 26.0 Å². The lowest BCUT2D eigenvalue weighted by Gasteiger charge is -2.33. The van der Waals surface area contributed by atoms with Gasteiger partial charge in [0.2, 0.25) is 0 Å². The van der Waals surface area contributed by atoms with Crippen molar-refractivity contribution in [2.45, 2.75) is 51.9 Å². The van der Waals surface area contributed by atoms with Gasteiger partial charge in [0.15, 0.2) is 0 Å². The van der Waals surface area contributed by atoms with E-state index in [1.165, 1.54) is 44.9 Å².